The van der Waals surface area contributed by atoms with Crippen molar-refractivity contribution in [1.82, 2.24) is 10.2 Å². The minimum absolute atomic E-state index is 0.644. The van der Waals surface area contributed by atoms with Crippen molar-refractivity contribution >= 4 is 28.0 Å². The van der Waals surface area contributed by atoms with Gasteiger partial charge in [0.25, 0.3) is 0 Å². The Balaban J connectivity index is 1.99. The Bertz CT molecular complexity index is 760. The monoisotopic (exact) mass is 284 g/mol. The summed E-state index contributed by atoms with van der Waals surface area (Å²) in [5.74, 6) is 1.41. The lowest BCUT2D eigenvalue weighted by molar-refractivity contribution is 0.395. The summed E-state index contributed by atoms with van der Waals surface area (Å²) in [5.41, 5.74) is 9.25. The molecule has 4 N–H and O–H groups in total. The standard InChI is InChI=1S/C15H16N4O2/c1-20-11-4-10(5-12(6-11)21-2)18-15-7-14-9(3-13(15)16)8-17-19-14/h3-8,18H,16H2,1-2H3,(H,17,19). The van der Waals surface area contributed by atoms with Gasteiger partial charge >= 0.3 is 0 Å². The van der Waals surface area contributed by atoms with Gasteiger partial charge in [-0.25, -0.2) is 0 Å². The lowest BCUT2D eigenvalue weighted by Crippen LogP contribution is -1.97. The van der Waals surface area contributed by atoms with E-state index < -0.39 is 0 Å². The van der Waals surface area contributed by atoms with Crippen LogP contribution in [0, 0.1) is 0 Å². The van der Waals surface area contributed by atoms with Gasteiger partial charge in [0.05, 0.1) is 37.3 Å². The molecule has 0 unspecified atom stereocenters. The van der Waals surface area contributed by atoms with E-state index in [-0.39, 0.29) is 0 Å². The lowest BCUT2D eigenvalue weighted by atomic mass is 10.2. The molecule has 0 aliphatic carbocycles. The van der Waals surface area contributed by atoms with E-state index in [1.165, 1.54) is 0 Å². The summed E-state index contributed by atoms with van der Waals surface area (Å²) in [7, 11) is 3.23. The summed E-state index contributed by atoms with van der Waals surface area (Å²) in [6.45, 7) is 0. The first-order valence-corrected chi connectivity index (χ1v) is 6.42. The zero-order chi connectivity index (χ0) is 14.8. The van der Waals surface area contributed by atoms with Crippen LogP contribution < -0.4 is 20.5 Å². The average Bonchev–Trinajstić information content (AvgIpc) is 2.94. The van der Waals surface area contributed by atoms with Crippen molar-refractivity contribution < 1.29 is 9.47 Å². The molecule has 0 aliphatic rings. The predicted molar refractivity (Wildman–Crippen MR) is 83.3 cm³/mol. The number of rotatable bonds is 4. The molecule has 21 heavy (non-hydrogen) atoms. The Hall–Kier alpha value is -2.89. The predicted octanol–water partition coefficient (Wildman–Crippen LogP) is 2.91. The molecule has 3 rings (SSSR count). The maximum atomic E-state index is 6.07. The van der Waals surface area contributed by atoms with Gasteiger partial charge in [0.2, 0.25) is 0 Å². The number of nitrogen functional groups attached to an aromatic ring is 1. The molecule has 0 amide bonds. The van der Waals surface area contributed by atoms with Crippen molar-refractivity contribution in [3.63, 3.8) is 0 Å². The Kier molecular flexibility index (Phi) is 3.27. The maximum Gasteiger partial charge on any atom is 0.124 e. The van der Waals surface area contributed by atoms with Crippen LogP contribution in [0.5, 0.6) is 11.5 Å². The second-order valence-corrected chi connectivity index (χ2v) is 4.62. The molecule has 0 radical (unpaired) electrons. The van der Waals surface area contributed by atoms with Crippen LogP contribution in [0.3, 0.4) is 0 Å². The van der Waals surface area contributed by atoms with Gasteiger partial charge < -0.3 is 20.5 Å². The van der Waals surface area contributed by atoms with Gasteiger partial charge in [-0.05, 0) is 12.1 Å². The number of anilines is 3. The highest BCUT2D eigenvalue weighted by atomic mass is 16.5. The molecule has 0 spiro atoms. The molecule has 6 nitrogen and oxygen atoms in total. The van der Waals surface area contributed by atoms with E-state index in [0.717, 1.165) is 22.3 Å². The zero-order valence-corrected chi connectivity index (χ0v) is 11.8. The zero-order valence-electron chi connectivity index (χ0n) is 11.8. The first-order valence-electron chi connectivity index (χ1n) is 6.42. The van der Waals surface area contributed by atoms with E-state index in [1.807, 2.05) is 30.3 Å². The number of nitrogens with two attached hydrogens (primary N) is 1. The van der Waals surface area contributed by atoms with Crippen LogP contribution in [-0.2, 0) is 0 Å². The van der Waals surface area contributed by atoms with Crippen LogP contribution in [0.1, 0.15) is 0 Å². The highest BCUT2D eigenvalue weighted by Crippen LogP contribution is 2.31. The quantitative estimate of drug-likeness (QED) is 0.641. The number of methoxy groups -OCH3 is 2. The average molecular weight is 284 g/mol. The van der Waals surface area contributed by atoms with Crippen LogP contribution in [0.4, 0.5) is 17.1 Å². The van der Waals surface area contributed by atoms with Gasteiger partial charge in [-0.1, -0.05) is 0 Å². The first kappa shape index (κ1) is 13.1. The summed E-state index contributed by atoms with van der Waals surface area (Å²) in [6, 6.07) is 9.35. The molecule has 0 bridgehead atoms. The number of hydrogen-bond donors (Lipinski definition) is 3. The third kappa shape index (κ3) is 2.55. The molecule has 0 fully saturated rings. The third-order valence-corrected chi connectivity index (χ3v) is 3.24. The van der Waals surface area contributed by atoms with E-state index in [9.17, 15) is 0 Å². The largest absolute Gasteiger partial charge is 0.497 e. The lowest BCUT2D eigenvalue weighted by Gasteiger charge is -2.12. The number of H-pyrrole nitrogens is 1. The third-order valence-electron chi connectivity index (χ3n) is 3.24. The first-order chi connectivity index (χ1) is 10.2. The normalized spacial score (nSPS) is 10.6. The molecule has 3 aromatic rings. The summed E-state index contributed by atoms with van der Waals surface area (Å²) in [6.07, 6.45) is 1.74. The van der Waals surface area contributed by atoms with Gasteiger partial charge in [0.1, 0.15) is 11.5 Å². The van der Waals surface area contributed by atoms with Gasteiger partial charge in [-0.15, -0.1) is 0 Å². The van der Waals surface area contributed by atoms with Crippen molar-refractivity contribution in [3.8, 4) is 11.5 Å². The SMILES string of the molecule is COc1cc(Nc2cc3[nH]ncc3cc2N)cc(OC)c1. The molecular formula is C15H16N4O2. The minimum atomic E-state index is 0.644. The van der Waals surface area contributed by atoms with Crippen LogP contribution in [0.2, 0.25) is 0 Å². The van der Waals surface area contributed by atoms with Crippen molar-refractivity contribution in [1.29, 1.82) is 0 Å². The van der Waals surface area contributed by atoms with Crippen LogP contribution >= 0.6 is 0 Å². The Morgan fingerprint density at radius 3 is 2.43 bits per heavy atom. The number of aromatic nitrogens is 2. The summed E-state index contributed by atoms with van der Waals surface area (Å²) < 4.78 is 10.5. The molecule has 6 heteroatoms. The topological polar surface area (TPSA) is 85.2 Å². The molecule has 1 aromatic heterocycles. The van der Waals surface area contributed by atoms with Crippen molar-refractivity contribution in [2.24, 2.45) is 0 Å². The van der Waals surface area contributed by atoms with Gasteiger partial charge in [-0.2, -0.15) is 5.10 Å². The molecule has 0 saturated carbocycles. The van der Waals surface area contributed by atoms with Crippen molar-refractivity contribution in [2.75, 3.05) is 25.3 Å². The number of nitrogens with zero attached hydrogens (tertiary/aromatic N) is 1. The summed E-state index contributed by atoms with van der Waals surface area (Å²) >= 11 is 0. The molecule has 108 valence electrons. The number of fused-ring (bicyclic) bond motifs is 1. The van der Waals surface area contributed by atoms with Crippen molar-refractivity contribution in [2.45, 2.75) is 0 Å². The van der Waals surface area contributed by atoms with Gasteiger partial charge in [0.15, 0.2) is 0 Å². The number of aromatic amines is 1. The van der Waals surface area contributed by atoms with Crippen LogP contribution in [-0.4, -0.2) is 24.4 Å². The Morgan fingerprint density at radius 2 is 1.76 bits per heavy atom. The van der Waals surface area contributed by atoms with Crippen LogP contribution in [0.15, 0.2) is 36.5 Å². The fourth-order valence-corrected chi connectivity index (χ4v) is 2.15. The molecule has 0 atom stereocenters. The van der Waals surface area contributed by atoms with Gasteiger partial charge in [-0.3, -0.25) is 5.10 Å². The molecule has 2 aromatic carbocycles. The van der Waals surface area contributed by atoms with E-state index in [1.54, 1.807) is 20.4 Å². The Morgan fingerprint density at radius 1 is 1.05 bits per heavy atom. The molecular weight excluding hydrogens is 268 g/mol. The fraction of sp³-hybridized carbons (Fsp3) is 0.133. The molecule has 0 saturated heterocycles. The number of ether oxygens (including phenoxy) is 2. The molecule has 0 aliphatic heterocycles. The van der Waals surface area contributed by atoms with Crippen LogP contribution in [0.25, 0.3) is 10.9 Å². The van der Waals surface area contributed by atoms with E-state index >= 15 is 0 Å². The second kappa shape index (κ2) is 5.24. The second-order valence-electron chi connectivity index (χ2n) is 4.62. The summed E-state index contributed by atoms with van der Waals surface area (Å²) in [4.78, 5) is 0. The highest BCUT2D eigenvalue weighted by molar-refractivity contribution is 5.90. The molecule has 1 heterocycles. The highest BCUT2D eigenvalue weighted by Gasteiger charge is 2.07. The number of hydrogen-bond acceptors (Lipinski definition) is 5. The van der Waals surface area contributed by atoms with Crippen molar-refractivity contribution in [3.05, 3.63) is 36.5 Å². The Labute approximate surface area is 121 Å². The van der Waals surface area contributed by atoms with E-state index in [0.29, 0.717) is 17.2 Å². The summed E-state index contributed by atoms with van der Waals surface area (Å²) in [5, 5.41) is 11.2. The number of nitrogens with one attached hydrogen (secondary N) is 2. The minimum Gasteiger partial charge on any atom is -0.497 e. The van der Waals surface area contributed by atoms with Gasteiger partial charge in [0, 0.05) is 29.3 Å². The fourth-order valence-electron chi connectivity index (χ4n) is 2.15. The van der Waals surface area contributed by atoms with E-state index in [2.05, 4.69) is 15.5 Å². The smallest absolute Gasteiger partial charge is 0.124 e. The number of benzene rings is 2. The maximum absolute atomic E-state index is 6.07. The van der Waals surface area contributed by atoms with E-state index in [4.69, 9.17) is 15.2 Å².